The molecule has 0 saturated heterocycles. The first-order valence-electron chi connectivity index (χ1n) is 10.0. The first kappa shape index (κ1) is 26.1. The van der Waals surface area contributed by atoms with Crippen LogP contribution in [0, 0.1) is 19.7 Å². The summed E-state index contributed by atoms with van der Waals surface area (Å²) in [6.45, 7) is 6.04. The minimum atomic E-state index is -4.28. The van der Waals surface area contributed by atoms with E-state index in [0.717, 1.165) is 5.56 Å². The molecule has 2 unspecified atom stereocenters. The number of nitrogens with one attached hydrogen (secondary N) is 2. The van der Waals surface area contributed by atoms with Crippen LogP contribution in [-0.2, 0) is 14.8 Å². The van der Waals surface area contributed by atoms with Crippen LogP contribution in [0.15, 0.2) is 35.2 Å². The summed E-state index contributed by atoms with van der Waals surface area (Å²) in [4.78, 5) is 13.8. The van der Waals surface area contributed by atoms with E-state index in [1.165, 1.54) is 31.2 Å². The van der Waals surface area contributed by atoms with E-state index in [-0.39, 0.29) is 16.1 Å². The van der Waals surface area contributed by atoms with Crippen LogP contribution in [0.1, 0.15) is 29.5 Å². The number of hydrogen-bond acceptors (Lipinski definition) is 5. The fraction of sp³-hybridized carbons (Fsp3) is 0.409. The summed E-state index contributed by atoms with van der Waals surface area (Å²) in [7, 11) is -0.521. The van der Waals surface area contributed by atoms with Crippen LogP contribution in [-0.4, -0.2) is 57.6 Å². The standard InChI is InChI=1S/C22H29ClFN3O4S/c1-13-6-8-17(24)20(14(13)2)15(3)21(22(28)29)26-32(30,31)19-9-7-16(23)12-18(19)25-10-11-27(4)5/h6-9,12,15,21,25-26H,10-11H2,1-5H3,(H,28,29). The largest absolute Gasteiger partial charge is 0.480 e. The van der Waals surface area contributed by atoms with Crippen molar-refractivity contribution in [3.63, 3.8) is 0 Å². The maximum Gasteiger partial charge on any atom is 0.322 e. The fourth-order valence-electron chi connectivity index (χ4n) is 3.42. The molecule has 2 atom stereocenters. The van der Waals surface area contributed by atoms with E-state index in [9.17, 15) is 22.7 Å². The molecule has 10 heteroatoms. The number of sulfonamides is 1. The van der Waals surface area contributed by atoms with Crippen LogP contribution in [0.4, 0.5) is 10.1 Å². The Balaban J connectivity index is 2.42. The summed E-state index contributed by atoms with van der Waals surface area (Å²) in [6, 6.07) is 5.46. The predicted octanol–water partition coefficient (Wildman–Crippen LogP) is 3.60. The van der Waals surface area contributed by atoms with Crippen molar-refractivity contribution in [3.8, 4) is 0 Å². The molecule has 0 fully saturated rings. The third-order valence-corrected chi connectivity index (χ3v) is 7.08. The van der Waals surface area contributed by atoms with Crippen molar-refractivity contribution in [1.82, 2.24) is 9.62 Å². The van der Waals surface area contributed by atoms with Gasteiger partial charge in [0.05, 0.1) is 5.69 Å². The third-order valence-electron chi connectivity index (χ3n) is 5.34. The number of carbonyl (C=O) groups is 1. The second-order valence-corrected chi connectivity index (χ2v) is 10.1. The molecule has 2 rings (SSSR count). The van der Waals surface area contributed by atoms with Crippen LogP contribution in [0.2, 0.25) is 5.02 Å². The van der Waals surface area contributed by atoms with E-state index in [0.29, 0.717) is 23.7 Å². The average molecular weight is 486 g/mol. The van der Waals surface area contributed by atoms with Crippen LogP contribution in [0.5, 0.6) is 0 Å². The quantitative estimate of drug-likeness (QED) is 0.475. The van der Waals surface area contributed by atoms with Crippen LogP contribution in [0.3, 0.4) is 0 Å². The SMILES string of the molecule is Cc1ccc(F)c(C(C)C(NS(=O)(=O)c2ccc(Cl)cc2NCCN(C)C)C(=O)O)c1C. The Hall–Kier alpha value is -2.20. The number of aryl methyl sites for hydroxylation is 1. The van der Waals surface area contributed by atoms with Crippen LogP contribution in [0.25, 0.3) is 0 Å². The smallest absolute Gasteiger partial charge is 0.322 e. The topological polar surface area (TPSA) is 98.7 Å². The molecule has 3 N–H and O–H groups in total. The highest BCUT2D eigenvalue weighted by molar-refractivity contribution is 7.89. The zero-order valence-corrected chi connectivity index (χ0v) is 20.3. The molecular weight excluding hydrogens is 457 g/mol. The summed E-state index contributed by atoms with van der Waals surface area (Å²) in [5, 5.41) is 13.1. The number of rotatable bonds is 10. The molecule has 0 aliphatic heterocycles. The molecule has 0 bridgehead atoms. The number of carboxylic acids is 1. The molecule has 0 saturated carbocycles. The molecule has 0 amide bonds. The lowest BCUT2D eigenvalue weighted by molar-refractivity contribution is -0.139. The number of halogens is 2. The summed E-state index contributed by atoms with van der Waals surface area (Å²) in [5.41, 5.74) is 1.79. The van der Waals surface area contributed by atoms with E-state index in [1.54, 1.807) is 19.9 Å². The summed E-state index contributed by atoms with van der Waals surface area (Å²) < 4.78 is 43.2. The number of benzene rings is 2. The zero-order chi connectivity index (χ0) is 24.2. The van der Waals surface area contributed by atoms with Gasteiger partial charge in [0.1, 0.15) is 16.8 Å². The Kier molecular flexibility index (Phi) is 8.64. The number of hydrogen-bond donors (Lipinski definition) is 3. The molecule has 0 heterocycles. The van der Waals surface area contributed by atoms with Gasteiger partial charge in [-0.25, -0.2) is 12.8 Å². The second kappa shape index (κ2) is 10.6. The van der Waals surface area contributed by atoms with Gasteiger partial charge >= 0.3 is 5.97 Å². The highest BCUT2D eigenvalue weighted by atomic mass is 35.5. The van der Waals surface area contributed by atoms with Crippen molar-refractivity contribution < 1.29 is 22.7 Å². The molecule has 176 valence electrons. The van der Waals surface area contributed by atoms with Gasteiger partial charge < -0.3 is 15.3 Å². The van der Waals surface area contributed by atoms with Crippen LogP contribution < -0.4 is 10.0 Å². The molecule has 32 heavy (non-hydrogen) atoms. The number of likely N-dealkylation sites (N-methyl/N-ethyl adjacent to an activating group) is 1. The average Bonchev–Trinajstić information content (AvgIpc) is 2.68. The van der Waals surface area contributed by atoms with E-state index >= 15 is 0 Å². The molecule has 2 aromatic carbocycles. The highest BCUT2D eigenvalue weighted by Gasteiger charge is 2.34. The Bertz CT molecular complexity index is 1090. The Labute approximate surface area is 193 Å². The molecule has 0 aliphatic carbocycles. The molecule has 7 nitrogen and oxygen atoms in total. The minimum Gasteiger partial charge on any atom is -0.480 e. The maximum atomic E-state index is 14.6. The number of carboxylic acid groups (broad SMARTS) is 1. The van der Waals surface area contributed by atoms with Gasteiger partial charge in [-0.05, 0) is 68.9 Å². The van der Waals surface area contributed by atoms with Gasteiger partial charge in [-0.1, -0.05) is 24.6 Å². The first-order chi connectivity index (χ1) is 14.8. The molecule has 0 aromatic heterocycles. The normalized spacial score (nSPS) is 13.8. The predicted molar refractivity (Wildman–Crippen MR) is 125 cm³/mol. The van der Waals surface area contributed by atoms with Crippen molar-refractivity contribution >= 4 is 33.3 Å². The van der Waals surface area contributed by atoms with Gasteiger partial charge in [-0.3, -0.25) is 4.79 Å². The van der Waals surface area contributed by atoms with Gasteiger partial charge in [0.25, 0.3) is 0 Å². The molecule has 0 aliphatic rings. The summed E-state index contributed by atoms with van der Waals surface area (Å²) in [5.74, 6) is -2.94. The molecular formula is C22H29ClFN3O4S. The van der Waals surface area contributed by atoms with Gasteiger partial charge in [0.15, 0.2) is 0 Å². The van der Waals surface area contributed by atoms with Gasteiger partial charge in [-0.15, -0.1) is 0 Å². The lowest BCUT2D eigenvalue weighted by Gasteiger charge is -2.25. The van der Waals surface area contributed by atoms with Crippen molar-refractivity contribution in [3.05, 3.63) is 57.9 Å². The van der Waals surface area contributed by atoms with E-state index in [4.69, 9.17) is 11.6 Å². The molecule has 0 radical (unpaired) electrons. The van der Waals surface area contributed by atoms with E-state index in [2.05, 4.69) is 10.0 Å². The summed E-state index contributed by atoms with van der Waals surface area (Å²) >= 11 is 6.04. The first-order valence-corrected chi connectivity index (χ1v) is 11.9. The Morgan fingerprint density at radius 1 is 1.22 bits per heavy atom. The summed E-state index contributed by atoms with van der Waals surface area (Å²) in [6.07, 6.45) is 0. The molecule has 0 spiro atoms. The lowest BCUT2D eigenvalue weighted by Crippen LogP contribution is -2.44. The van der Waals surface area contributed by atoms with Gasteiger partial charge in [0, 0.05) is 24.0 Å². The fourth-order valence-corrected chi connectivity index (χ4v) is 5.02. The highest BCUT2D eigenvalue weighted by Crippen LogP contribution is 2.30. The number of nitrogens with zero attached hydrogens (tertiary/aromatic N) is 1. The second-order valence-electron chi connectivity index (χ2n) is 8.00. The lowest BCUT2D eigenvalue weighted by atomic mass is 9.88. The van der Waals surface area contributed by atoms with Crippen molar-refractivity contribution in [2.75, 3.05) is 32.5 Å². The monoisotopic (exact) mass is 485 g/mol. The van der Waals surface area contributed by atoms with E-state index < -0.39 is 33.8 Å². The third kappa shape index (κ3) is 6.19. The van der Waals surface area contributed by atoms with Gasteiger partial charge in [0.2, 0.25) is 10.0 Å². The van der Waals surface area contributed by atoms with Crippen molar-refractivity contribution in [1.29, 1.82) is 0 Å². The maximum absolute atomic E-state index is 14.6. The van der Waals surface area contributed by atoms with Gasteiger partial charge in [-0.2, -0.15) is 4.72 Å². The van der Waals surface area contributed by atoms with E-state index in [1.807, 2.05) is 19.0 Å². The zero-order valence-electron chi connectivity index (χ0n) is 18.7. The van der Waals surface area contributed by atoms with Crippen molar-refractivity contribution in [2.24, 2.45) is 0 Å². The van der Waals surface area contributed by atoms with Crippen LogP contribution >= 0.6 is 11.6 Å². The Morgan fingerprint density at radius 3 is 2.47 bits per heavy atom. The number of anilines is 1. The molecule has 2 aromatic rings. The van der Waals surface area contributed by atoms with Crippen molar-refractivity contribution in [2.45, 2.75) is 37.6 Å². The number of aliphatic carboxylic acids is 1. The minimum absolute atomic E-state index is 0.138. The Morgan fingerprint density at radius 2 is 1.88 bits per heavy atom.